The fourth-order valence-corrected chi connectivity index (χ4v) is 2.90. The van der Waals surface area contributed by atoms with Crippen molar-refractivity contribution in [2.75, 3.05) is 24.3 Å². The number of methoxy groups -OCH3 is 1. The van der Waals surface area contributed by atoms with Crippen LogP contribution in [-0.4, -0.2) is 28.6 Å². The summed E-state index contributed by atoms with van der Waals surface area (Å²) >= 11 is 1.80. The van der Waals surface area contributed by atoms with E-state index in [1.165, 1.54) is 17.6 Å². The molecule has 0 saturated carbocycles. The quantitative estimate of drug-likeness (QED) is 0.874. The molecule has 2 N–H and O–H groups in total. The van der Waals surface area contributed by atoms with Gasteiger partial charge in [-0.25, -0.2) is 0 Å². The average Bonchev–Trinajstić information content (AvgIpc) is 2.85. The van der Waals surface area contributed by atoms with E-state index < -0.39 is 0 Å². The van der Waals surface area contributed by atoms with Crippen LogP contribution in [0.15, 0.2) is 11.4 Å². The lowest BCUT2D eigenvalue weighted by atomic mass is 10.1. The maximum Gasteiger partial charge on any atom is 0.322 e. The van der Waals surface area contributed by atoms with Gasteiger partial charge in [0.15, 0.2) is 0 Å². The van der Waals surface area contributed by atoms with E-state index in [0.717, 1.165) is 19.5 Å². The van der Waals surface area contributed by atoms with Crippen LogP contribution in [0.4, 0.5) is 11.9 Å². The van der Waals surface area contributed by atoms with Crippen LogP contribution >= 0.6 is 11.3 Å². The van der Waals surface area contributed by atoms with E-state index in [9.17, 15) is 0 Å². The normalized spacial score (nSPS) is 14.4. The molecule has 1 aliphatic heterocycles. The molecule has 3 heterocycles. The summed E-state index contributed by atoms with van der Waals surface area (Å²) in [7, 11) is 1.52. The van der Waals surface area contributed by atoms with Crippen LogP contribution in [0.25, 0.3) is 0 Å². The molecule has 0 unspecified atom stereocenters. The molecule has 0 bridgehead atoms. The Bertz CT molecular complexity index is 570. The van der Waals surface area contributed by atoms with Crippen molar-refractivity contribution in [2.24, 2.45) is 0 Å². The van der Waals surface area contributed by atoms with E-state index in [-0.39, 0.29) is 12.0 Å². The van der Waals surface area contributed by atoms with Gasteiger partial charge in [0.05, 0.1) is 7.11 Å². The van der Waals surface area contributed by atoms with Gasteiger partial charge in [-0.05, 0) is 23.4 Å². The molecule has 18 heavy (non-hydrogen) atoms. The Balaban J connectivity index is 1.90. The summed E-state index contributed by atoms with van der Waals surface area (Å²) in [6.45, 7) is 1.70. The molecule has 0 fully saturated rings. The fraction of sp³-hybridized carbons (Fsp3) is 0.364. The smallest absolute Gasteiger partial charge is 0.322 e. The van der Waals surface area contributed by atoms with Gasteiger partial charge >= 0.3 is 6.01 Å². The second-order valence-electron chi connectivity index (χ2n) is 4.02. The third kappa shape index (κ3) is 1.97. The Kier molecular flexibility index (Phi) is 2.75. The molecule has 94 valence electrons. The van der Waals surface area contributed by atoms with Gasteiger partial charge in [0.1, 0.15) is 0 Å². The van der Waals surface area contributed by atoms with Gasteiger partial charge in [-0.2, -0.15) is 15.0 Å². The van der Waals surface area contributed by atoms with E-state index in [1.54, 1.807) is 11.3 Å². The summed E-state index contributed by atoms with van der Waals surface area (Å²) < 4.78 is 5.01. The lowest BCUT2D eigenvalue weighted by molar-refractivity contribution is 0.378. The van der Waals surface area contributed by atoms with Crippen molar-refractivity contribution in [1.82, 2.24) is 15.0 Å². The Hall–Kier alpha value is -1.89. The Morgan fingerprint density at radius 1 is 1.39 bits per heavy atom. The number of rotatable bonds is 2. The molecular weight excluding hydrogens is 250 g/mol. The van der Waals surface area contributed by atoms with Gasteiger partial charge in [0, 0.05) is 18.0 Å². The van der Waals surface area contributed by atoms with E-state index in [1.807, 2.05) is 0 Å². The summed E-state index contributed by atoms with van der Waals surface area (Å²) in [6, 6.07) is 2.40. The van der Waals surface area contributed by atoms with Crippen molar-refractivity contribution in [1.29, 1.82) is 0 Å². The molecule has 7 heteroatoms. The Labute approximate surface area is 108 Å². The molecule has 0 saturated heterocycles. The van der Waals surface area contributed by atoms with Gasteiger partial charge in [0.2, 0.25) is 11.9 Å². The molecule has 2 aromatic heterocycles. The third-order valence-electron chi connectivity index (χ3n) is 2.89. The molecule has 1 aliphatic rings. The number of thiophene rings is 1. The molecule has 0 radical (unpaired) electrons. The average molecular weight is 263 g/mol. The SMILES string of the molecule is COc1nc(N)nc(N2CCc3sccc3C2)n1. The van der Waals surface area contributed by atoms with E-state index >= 15 is 0 Å². The second kappa shape index (κ2) is 4.41. The van der Waals surface area contributed by atoms with Crippen LogP contribution in [0.3, 0.4) is 0 Å². The number of fused-ring (bicyclic) bond motifs is 1. The van der Waals surface area contributed by atoms with Crippen molar-refractivity contribution in [3.05, 3.63) is 21.9 Å². The molecule has 2 aromatic rings. The maximum absolute atomic E-state index is 5.65. The summed E-state index contributed by atoms with van der Waals surface area (Å²) in [5, 5.41) is 2.12. The van der Waals surface area contributed by atoms with E-state index in [4.69, 9.17) is 10.5 Å². The number of anilines is 2. The lowest BCUT2D eigenvalue weighted by Crippen LogP contribution is -2.31. The molecule has 0 amide bonds. The number of hydrogen-bond donors (Lipinski definition) is 1. The number of ether oxygens (including phenoxy) is 1. The number of aromatic nitrogens is 3. The maximum atomic E-state index is 5.65. The third-order valence-corrected chi connectivity index (χ3v) is 3.92. The predicted molar refractivity (Wildman–Crippen MR) is 69.9 cm³/mol. The first kappa shape index (κ1) is 11.2. The van der Waals surface area contributed by atoms with Gasteiger partial charge in [-0.3, -0.25) is 0 Å². The van der Waals surface area contributed by atoms with Crippen molar-refractivity contribution < 1.29 is 4.74 Å². The van der Waals surface area contributed by atoms with Crippen LogP contribution in [-0.2, 0) is 13.0 Å². The standard InChI is InChI=1S/C11H13N5OS/c1-17-11-14-9(12)13-10(15-11)16-4-2-8-7(6-16)3-5-18-8/h3,5H,2,4,6H2,1H3,(H2,12,13,14,15). The van der Waals surface area contributed by atoms with Crippen LogP contribution in [0.5, 0.6) is 6.01 Å². The zero-order valence-electron chi connectivity index (χ0n) is 9.96. The van der Waals surface area contributed by atoms with Crippen molar-refractivity contribution in [3.63, 3.8) is 0 Å². The van der Waals surface area contributed by atoms with Crippen LogP contribution in [0.2, 0.25) is 0 Å². The minimum absolute atomic E-state index is 0.188. The van der Waals surface area contributed by atoms with Crippen molar-refractivity contribution in [2.45, 2.75) is 13.0 Å². The molecule has 0 aromatic carbocycles. The predicted octanol–water partition coefficient (Wildman–Crippen LogP) is 1.09. The van der Waals surface area contributed by atoms with Crippen LogP contribution in [0.1, 0.15) is 10.4 Å². The second-order valence-corrected chi connectivity index (χ2v) is 5.02. The topological polar surface area (TPSA) is 77.2 Å². The van der Waals surface area contributed by atoms with Gasteiger partial charge in [-0.1, -0.05) is 0 Å². The number of nitrogens with zero attached hydrogens (tertiary/aromatic N) is 4. The van der Waals surface area contributed by atoms with E-state index in [2.05, 4.69) is 31.3 Å². The largest absolute Gasteiger partial charge is 0.467 e. The molecule has 3 rings (SSSR count). The van der Waals surface area contributed by atoms with Gasteiger partial charge < -0.3 is 15.4 Å². The highest BCUT2D eigenvalue weighted by Crippen LogP contribution is 2.26. The highest BCUT2D eigenvalue weighted by Gasteiger charge is 2.20. The molecule has 0 spiro atoms. The molecule has 0 aliphatic carbocycles. The summed E-state index contributed by atoms with van der Waals surface area (Å²) in [4.78, 5) is 15.8. The Morgan fingerprint density at radius 2 is 2.28 bits per heavy atom. The highest BCUT2D eigenvalue weighted by molar-refractivity contribution is 7.10. The number of hydrogen-bond acceptors (Lipinski definition) is 7. The summed E-state index contributed by atoms with van der Waals surface area (Å²) in [5.74, 6) is 0.768. The zero-order valence-corrected chi connectivity index (χ0v) is 10.8. The monoisotopic (exact) mass is 263 g/mol. The molecule has 6 nitrogen and oxygen atoms in total. The zero-order chi connectivity index (χ0) is 12.5. The Morgan fingerprint density at radius 3 is 3.11 bits per heavy atom. The van der Waals surface area contributed by atoms with E-state index in [0.29, 0.717) is 5.95 Å². The molecule has 0 atom stereocenters. The van der Waals surface area contributed by atoms with Gasteiger partial charge in [0.25, 0.3) is 0 Å². The highest BCUT2D eigenvalue weighted by atomic mass is 32.1. The van der Waals surface area contributed by atoms with Crippen molar-refractivity contribution >= 4 is 23.2 Å². The minimum atomic E-state index is 0.188. The van der Waals surface area contributed by atoms with Crippen LogP contribution < -0.4 is 15.4 Å². The van der Waals surface area contributed by atoms with Gasteiger partial charge in [-0.15, -0.1) is 11.3 Å². The number of nitrogen functional groups attached to an aromatic ring is 1. The number of nitrogens with two attached hydrogens (primary N) is 1. The first-order chi connectivity index (χ1) is 8.76. The first-order valence-electron chi connectivity index (χ1n) is 5.62. The molecular formula is C11H13N5OS. The lowest BCUT2D eigenvalue weighted by Gasteiger charge is -2.26. The first-order valence-corrected chi connectivity index (χ1v) is 6.50. The van der Waals surface area contributed by atoms with Crippen LogP contribution in [0, 0.1) is 0 Å². The minimum Gasteiger partial charge on any atom is -0.467 e. The summed E-state index contributed by atoms with van der Waals surface area (Å²) in [5.41, 5.74) is 6.99. The van der Waals surface area contributed by atoms with Crippen molar-refractivity contribution in [3.8, 4) is 6.01 Å². The fourth-order valence-electron chi connectivity index (χ4n) is 2.01. The summed E-state index contributed by atoms with van der Waals surface area (Å²) in [6.07, 6.45) is 1.01.